The zero-order valence-electron chi connectivity index (χ0n) is 11.2. The van der Waals surface area contributed by atoms with Crippen LogP contribution in [0.25, 0.3) is 0 Å². The number of rotatable bonds is 4. The van der Waals surface area contributed by atoms with Crippen molar-refractivity contribution < 1.29 is 12.8 Å². The zero-order chi connectivity index (χ0) is 15.6. The van der Waals surface area contributed by atoms with E-state index in [0.29, 0.717) is 5.69 Å². The van der Waals surface area contributed by atoms with E-state index in [1.54, 1.807) is 12.1 Å². The Morgan fingerprint density at radius 1 is 1.24 bits per heavy atom. The van der Waals surface area contributed by atoms with E-state index in [1.807, 2.05) is 13.0 Å². The summed E-state index contributed by atoms with van der Waals surface area (Å²) >= 11 is 3.31. The Morgan fingerprint density at radius 3 is 2.57 bits per heavy atom. The van der Waals surface area contributed by atoms with E-state index in [2.05, 4.69) is 20.7 Å². The second-order valence-corrected chi connectivity index (χ2v) is 7.18. The van der Waals surface area contributed by atoms with Crippen molar-refractivity contribution in [3.8, 4) is 0 Å². The zero-order valence-corrected chi connectivity index (χ0v) is 13.6. The largest absolute Gasteiger partial charge is 0.326 e. The highest BCUT2D eigenvalue weighted by molar-refractivity contribution is 9.10. The Morgan fingerprint density at radius 2 is 1.95 bits per heavy atom. The molecule has 2 aromatic carbocycles. The fourth-order valence-corrected chi connectivity index (χ4v) is 3.58. The topological polar surface area (TPSA) is 72.2 Å². The highest BCUT2D eigenvalue weighted by Gasteiger charge is 2.16. The maximum atomic E-state index is 13.4. The molecule has 3 N–H and O–H groups in total. The molecule has 0 radical (unpaired) electrons. The van der Waals surface area contributed by atoms with E-state index in [0.717, 1.165) is 16.1 Å². The molecule has 0 aromatic heterocycles. The summed E-state index contributed by atoms with van der Waals surface area (Å²) < 4.78 is 41.2. The molecule has 0 saturated carbocycles. The van der Waals surface area contributed by atoms with Gasteiger partial charge < -0.3 is 5.73 Å². The van der Waals surface area contributed by atoms with Gasteiger partial charge in [0, 0.05) is 16.6 Å². The molecule has 0 aliphatic carbocycles. The van der Waals surface area contributed by atoms with Gasteiger partial charge in [-0.25, -0.2) is 12.8 Å². The van der Waals surface area contributed by atoms with E-state index in [1.165, 1.54) is 12.1 Å². The number of benzene rings is 2. The average molecular weight is 373 g/mol. The van der Waals surface area contributed by atoms with E-state index in [9.17, 15) is 12.8 Å². The van der Waals surface area contributed by atoms with Crippen molar-refractivity contribution in [2.75, 3.05) is 4.72 Å². The molecule has 0 amide bonds. The minimum absolute atomic E-state index is 0.0259. The first-order valence-corrected chi connectivity index (χ1v) is 8.38. The molecule has 0 unspecified atom stereocenters. The third-order valence-electron chi connectivity index (χ3n) is 2.84. The molecule has 2 aromatic rings. The predicted molar refractivity (Wildman–Crippen MR) is 84.0 cm³/mol. The van der Waals surface area contributed by atoms with Crippen LogP contribution in [-0.4, -0.2) is 8.42 Å². The molecule has 0 atom stereocenters. The van der Waals surface area contributed by atoms with Crippen LogP contribution in [0.3, 0.4) is 0 Å². The van der Waals surface area contributed by atoms with Crippen molar-refractivity contribution in [2.45, 2.75) is 18.4 Å². The van der Waals surface area contributed by atoms with Crippen LogP contribution in [0.4, 0.5) is 10.1 Å². The number of sulfonamides is 1. The summed E-state index contributed by atoms with van der Waals surface area (Å²) in [6.07, 6.45) is 0. The SMILES string of the molecule is Cc1cc(Br)cc(NS(=O)(=O)c2ccc(F)c(CN)c2)c1. The molecular formula is C14H14BrFN2O2S. The number of halogens is 2. The van der Waals surface area contributed by atoms with Gasteiger partial charge in [-0.2, -0.15) is 0 Å². The van der Waals surface area contributed by atoms with Crippen molar-refractivity contribution in [1.29, 1.82) is 0 Å². The summed E-state index contributed by atoms with van der Waals surface area (Å²) in [5, 5.41) is 0. The van der Waals surface area contributed by atoms with Gasteiger partial charge in [0.05, 0.1) is 10.6 Å². The first-order valence-electron chi connectivity index (χ1n) is 6.10. The number of aryl methyl sites for hydroxylation is 1. The summed E-state index contributed by atoms with van der Waals surface area (Å²) in [4.78, 5) is -0.0259. The van der Waals surface area contributed by atoms with Crippen LogP contribution in [0, 0.1) is 12.7 Å². The lowest BCUT2D eigenvalue weighted by Crippen LogP contribution is -2.14. The summed E-state index contributed by atoms with van der Waals surface area (Å²) in [7, 11) is -3.79. The van der Waals surface area contributed by atoms with Crippen LogP contribution in [0.2, 0.25) is 0 Å². The van der Waals surface area contributed by atoms with Crippen LogP contribution >= 0.6 is 15.9 Å². The van der Waals surface area contributed by atoms with Gasteiger partial charge in [0.25, 0.3) is 10.0 Å². The van der Waals surface area contributed by atoms with Gasteiger partial charge in [-0.3, -0.25) is 4.72 Å². The van der Waals surface area contributed by atoms with Crippen LogP contribution in [0.5, 0.6) is 0 Å². The summed E-state index contributed by atoms with van der Waals surface area (Å²) in [5.41, 5.74) is 6.89. The first kappa shape index (κ1) is 15.9. The Labute approximate surface area is 131 Å². The number of hydrogen-bond donors (Lipinski definition) is 2. The molecule has 0 bridgehead atoms. The summed E-state index contributed by atoms with van der Waals surface area (Å²) in [6, 6.07) is 8.77. The van der Waals surface area contributed by atoms with Crippen molar-refractivity contribution in [3.05, 3.63) is 57.8 Å². The number of nitrogens with two attached hydrogens (primary N) is 1. The van der Waals surface area contributed by atoms with E-state index in [4.69, 9.17) is 5.73 Å². The fraction of sp³-hybridized carbons (Fsp3) is 0.143. The third-order valence-corrected chi connectivity index (χ3v) is 4.68. The fourth-order valence-electron chi connectivity index (χ4n) is 1.88. The molecule has 21 heavy (non-hydrogen) atoms. The van der Waals surface area contributed by atoms with Crippen molar-refractivity contribution >= 4 is 31.6 Å². The predicted octanol–water partition coefficient (Wildman–Crippen LogP) is 3.16. The van der Waals surface area contributed by atoms with Gasteiger partial charge in [0.15, 0.2) is 0 Å². The number of nitrogens with one attached hydrogen (secondary N) is 1. The first-order chi connectivity index (χ1) is 9.81. The molecule has 112 valence electrons. The van der Waals surface area contributed by atoms with Crippen molar-refractivity contribution in [2.24, 2.45) is 5.73 Å². The summed E-state index contributed by atoms with van der Waals surface area (Å²) in [6.45, 7) is 1.79. The molecule has 7 heteroatoms. The third kappa shape index (κ3) is 3.81. The highest BCUT2D eigenvalue weighted by atomic mass is 79.9. The average Bonchev–Trinajstić information content (AvgIpc) is 2.37. The molecule has 2 rings (SSSR count). The Hall–Kier alpha value is -1.44. The number of anilines is 1. The molecule has 0 spiro atoms. The van der Waals surface area contributed by atoms with Gasteiger partial charge in [-0.05, 0) is 48.9 Å². The van der Waals surface area contributed by atoms with Crippen LogP contribution < -0.4 is 10.5 Å². The van der Waals surface area contributed by atoms with Gasteiger partial charge >= 0.3 is 0 Å². The smallest absolute Gasteiger partial charge is 0.261 e. The normalized spacial score (nSPS) is 11.4. The van der Waals surface area contributed by atoms with Crippen LogP contribution in [0.15, 0.2) is 45.8 Å². The lowest BCUT2D eigenvalue weighted by Gasteiger charge is -2.10. The minimum Gasteiger partial charge on any atom is -0.326 e. The second-order valence-electron chi connectivity index (χ2n) is 4.58. The van der Waals surface area contributed by atoms with Gasteiger partial charge in [0.1, 0.15) is 5.82 Å². The van der Waals surface area contributed by atoms with Crippen molar-refractivity contribution in [3.63, 3.8) is 0 Å². The lowest BCUT2D eigenvalue weighted by atomic mass is 10.2. The van der Waals surface area contributed by atoms with E-state index >= 15 is 0 Å². The maximum absolute atomic E-state index is 13.4. The highest BCUT2D eigenvalue weighted by Crippen LogP contribution is 2.23. The Kier molecular flexibility index (Phi) is 4.65. The standard InChI is InChI=1S/C14H14BrFN2O2S/c1-9-4-11(15)7-12(5-9)18-21(19,20)13-2-3-14(16)10(6-13)8-17/h2-7,18H,8,17H2,1H3. The van der Waals surface area contributed by atoms with Crippen molar-refractivity contribution in [1.82, 2.24) is 0 Å². The van der Waals surface area contributed by atoms with E-state index < -0.39 is 15.8 Å². The van der Waals surface area contributed by atoms with Gasteiger partial charge in [-0.15, -0.1) is 0 Å². The minimum atomic E-state index is -3.79. The molecule has 0 aliphatic rings. The van der Waals surface area contributed by atoms with Gasteiger partial charge in [-0.1, -0.05) is 15.9 Å². The Balaban J connectivity index is 2.38. The van der Waals surface area contributed by atoms with Gasteiger partial charge in [0.2, 0.25) is 0 Å². The second kappa shape index (κ2) is 6.13. The molecule has 0 heterocycles. The maximum Gasteiger partial charge on any atom is 0.261 e. The van der Waals surface area contributed by atoms with Crippen LogP contribution in [0.1, 0.15) is 11.1 Å². The monoisotopic (exact) mass is 372 g/mol. The molecule has 0 saturated heterocycles. The number of hydrogen-bond acceptors (Lipinski definition) is 3. The molecule has 0 fully saturated rings. The van der Waals surface area contributed by atoms with E-state index in [-0.39, 0.29) is 17.0 Å². The molecular weight excluding hydrogens is 359 g/mol. The molecule has 4 nitrogen and oxygen atoms in total. The summed E-state index contributed by atoms with van der Waals surface area (Å²) in [5.74, 6) is -0.519. The lowest BCUT2D eigenvalue weighted by molar-refractivity contribution is 0.596. The Bertz CT molecular complexity index is 758. The quantitative estimate of drug-likeness (QED) is 0.865. The van der Waals surface area contributed by atoms with Crippen LogP contribution in [-0.2, 0) is 16.6 Å². The molecule has 0 aliphatic heterocycles.